The zero-order chi connectivity index (χ0) is 12.3. The minimum atomic E-state index is -0.354. The normalized spacial score (nSPS) is 10.2. The molecule has 1 aromatic heterocycles. The Morgan fingerprint density at radius 3 is 2.94 bits per heavy atom. The van der Waals surface area contributed by atoms with Crippen LogP contribution in [0.5, 0.6) is 0 Å². The van der Waals surface area contributed by atoms with Crippen LogP contribution >= 0.6 is 0 Å². The van der Waals surface area contributed by atoms with Gasteiger partial charge in [-0.1, -0.05) is 17.3 Å². The van der Waals surface area contributed by atoms with Crippen molar-refractivity contribution in [2.45, 2.75) is 13.3 Å². The van der Waals surface area contributed by atoms with Crippen molar-refractivity contribution in [3.05, 3.63) is 47.5 Å². The third-order valence-corrected chi connectivity index (χ3v) is 2.15. The molecule has 0 aliphatic heterocycles. The fraction of sp³-hybridized carbons (Fsp3) is 0.167. The fourth-order valence-corrected chi connectivity index (χ4v) is 1.44. The van der Waals surface area contributed by atoms with Gasteiger partial charge >= 0.3 is 0 Å². The van der Waals surface area contributed by atoms with E-state index in [1.54, 1.807) is 25.1 Å². The van der Waals surface area contributed by atoms with Crippen molar-refractivity contribution in [3.8, 4) is 0 Å². The number of rotatable bonds is 3. The van der Waals surface area contributed by atoms with E-state index in [0.29, 0.717) is 17.1 Å². The number of carbonyl (C=O) groups excluding carboxylic acids is 1. The van der Waals surface area contributed by atoms with Crippen LogP contribution in [0.2, 0.25) is 0 Å². The molecule has 88 valence electrons. The lowest BCUT2D eigenvalue weighted by molar-refractivity contribution is -0.115. The topological polar surface area (TPSA) is 55.1 Å². The number of amides is 1. The van der Waals surface area contributed by atoms with Crippen LogP contribution in [0, 0.1) is 12.7 Å². The molecule has 1 N–H and O–H groups in total. The van der Waals surface area contributed by atoms with Crippen LogP contribution < -0.4 is 5.32 Å². The molecule has 17 heavy (non-hydrogen) atoms. The lowest BCUT2D eigenvalue weighted by Crippen LogP contribution is -2.14. The van der Waals surface area contributed by atoms with Gasteiger partial charge in [0.1, 0.15) is 11.6 Å². The van der Waals surface area contributed by atoms with Crippen LogP contribution in [0.3, 0.4) is 0 Å². The summed E-state index contributed by atoms with van der Waals surface area (Å²) in [6.07, 6.45) is 0.101. The Kier molecular flexibility index (Phi) is 3.18. The lowest BCUT2D eigenvalue weighted by atomic mass is 10.1. The van der Waals surface area contributed by atoms with Gasteiger partial charge in [-0.3, -0.25) is 4.79 Å². The smallest absolute Gasteiger partial charge is 0.230 e. The Hall–Kier alpha value is -2.17. The second-order valence-electron chi connectivity index (χ2n) is 3.68. The Labute approximate surface area is 97.4 Å². The Balaban J connectivity index is 1.98. The van der Waals surface area contributed by atoms with Crippen molar-refractivity contribution in [3.63, 3.8) is 0 Å². The maximum atomic E-state index is 12.9. The van der Waals surface area contributed by atoms with E-state index in [2.05, 4.69) is 10.5 Å². The van der Waals surface area contributed by atoms with Crippen LogP contribution in [0.15, 0.2) is 34.9 Å². The molecule has 1 amide bonds. The van der Waals surface area contributed by atoms with Crippen LogP contribution in [0.4, 0.5) is 10.2 Å². The van der Waals surface area contributed by atoms with Gasteiger partial charge in [0.2, 0.25) is 5.91 Å². The van der Waals surface area contributed by atoms with Gasteiger partial charge in [-0.2, -0.15) is 0 Å². The minimum Gasteiger partial charge on any atom is -0.360 e. The molecule has 0 radical (unpaired) electrons. The van der Waals surface area contributed by atoms with Crippen molar-refractivity contribution in [2.75, 3.05) is 5.32 Å². The monoisotopic (exact) mass is 234 g/mol. The third kappa shape index (κ3) is 3.14. The summed E-state index contributed by atoms with van der Waals surface area (Å²) < 4.78 is 17.7. The summed E-state index contributed by atoms with van der Waals surface area (Å²) in [4.78, 5) is 11.6. The van der Waals surface area contributed by atoms with E-state index in [1.165, 1.54) is 12.1 Å². The number of aryl methyl sites for hydroxylation is 1. The Bertz CT molecular complexity index is 537. The zero-order valence-corrected chi connectivity index (χ0v) is 9.24. The van der Waals surface area contributed by atoms with E-state index in [-0.39, 0.29) is 18.1 Å². The highest BCUT2D eigenvalue weighted by atomic mass is 19.1. The summed E-state index contributed by atoms with van der Waals surface area (Å²) in [6.45, 7) is 1.73. The zero-order valence-electron chi connectivity index (χ0n) is 9.24. The van der Waals surface area contributed by atoms with Gasteiger partial charge < -0.3 is 9.84 Å². The van der Waals surface area contributed by atoms with Gasteiger partial charge in [-0.25, -0.2) is 4.39 Å². The molecule has 1 heterocycles. The predicted octanol–water partition coefficient (Wildman–Crippen LogP) is 2.30. The summed E-state index contributed by atoms with van der Waals surface area (Å²) in [6, 6.07) is 7.54. The molecule has 0 aliphatic rings. The lowest BCUT2D eigenvalue weighted by Gasteiger charge is -2.01. The SMILES string of the molecule is Cc1cc(NC(=O)Cc2cccc(F)c2)no1. The van der Waals surface area contributed by atoms with E-state index < -0.39 is 0 Å². The molecule has 0 unspecified atom stereocenters. The number of hydrogen-bond acceptors (Lipinski definition) is 3. The number of carbonyl (C=O) groups is 1. The molecule has 0 atom stereocenters. The molecular weight excluding hydrogens is 223 g/mol. The van der Waals surface area contributed by atoms with E-state index >= 15 is 0 Å². The second kappa shape index (κ2) is 4.78. The number of aromatic nitrogens is 1. The van der Waals surface area contributed by atoms with Crippen molar-refractivity contribution in [1.29, 1.82) is 0 Å². The van der Waals surface area contributed by atoms with Crippen LogP contribution in [-0.2, 0) is 11.2 Å². The maximum absolute atomic E-state index is 12.9. The van der Waals surface area contributed by atoms with Crippen LogP contribution in [-0.4, -0.2) is 11.1 Å². The van der Waals surface area contributed by atoms with Gasteiger partial charge in [0.05, 0.1) is 6.42 Å². The number of halogens is 1. The Morgan fingerprint density at radius 2 is 2.29 bits per heavy atom. The van der Waals surface area contributed by atoms with Gasteiger partial charge in [0.25, 0.3) is 0 Å². The Morgan fingerprint density at radius 1 is 1.47 bits per heavy atom. The average molecular weight is 234 g/mol. The summed E-state index contributed by atoms with van der Waals surface area (Å²) in [5, 5.41) is 6.20. The van der Waals surface area contributed by atoms with Gasteiger partial charge in [0, 0.05) is 6.07 Å². The van der Waals surface area contributed by atoms with E-state index in [0.717, 1.165) is 0 Å². The molecule has 1 aromatic carbocycles. The van der Waals surface area contributed by atoms with E-state index in [9.17, 15) is 9.18 Å². The molecule has 5 heteroatoms. The molecular formula is C12H11FN2O2. The molecule has 0 saturated heterocycles. The van der Waals surface area contributed by atoms with Crippen molar-refractivity contribution < 1.29 is 13.7 Å². The number of hydrogen-bond donors (Lipinski definition) is 1. The molecule has 0 spiro atoms. The largest absolute Gasteiger partial charge is 0.360 e. The summed E-state index contributed by atoms with van der Waals surface area (Å²) >= 11 is 0. The predicted molar refractivity (Wildman–Crippen MR) is 60.0 cm³/mol. The average Bonchev–Trinajstić information content (AvgIpc) is 2.63. The van der Waals surface area contributed by atoms with Crippen molar-refractivity contribution in [2.24, 2.45) is 0 Å². The fourth-order valence-electron chi connectivity index (χ4n) is 1.44. The molecule has 0 bridgehead atoms. The quantitative estimate of drug-likeness (QED) is 0.886. The van der Waals surface area contributed by atoms with Crippen LogP contribution in [0.25, 0.3) is 0 Å². The first kappa shape index (κ1) is 11.3. The number of benzene rings is 1. The highest BCUT2D eigenvalue weighted by Gasteiger charge is 2.07. The number of nitrogens with zero attached hydrogens (tertiary/aromatic N) is 1. The maximum Gasteiger partial charge on any atom is 0.230 e. The van der Waals surface area contributed by atoms with Crippen LogP contribution in [0.1, 0.15) is 11.3 Å². The highest BCUT2D eigenvalue weighted by Crippen LogP contribution is 2.09. The second-order valence-corrected chi connectivity index (χ2v) is 3.68. The first-order chi connectivity index (χ1) is 8.13. The molecule has 2 rings (SSSR count). The van der Waals surface area contributed by atoms with Gasteiger partial charge in [-0.05, 0) is 24.6 Å². The minimum absolute atomic E-state index is 0.101. The van der Waals surface area contributed by atoms with Gasteiger partial charge in [-0.15, -0.1) is 0 Å². The number of nitrogens with one attached hydrogen (secondary N) is 1. The van der Waals surface area contributed by atoms with E-state index in [1.807, 2.05) is 0 Å². The molecule has 2 aromatic rings. The standard InChI is InChI=1S/C12H11FN2O2/c1-8-5-11(15-17-8)14-12(16)7-9-3-2-4-10(13)6-9/h2-6H,7H2,1H3,(H,14,15,16). The third-order valence-electron chi connectivity index (χ3n) is 2.15. The molecule has 0 fully saturated rings. The van der Waals surface area contributed by atoms with Crippen molar-refractivity contribution in [1.82, 2.24) is 5.16 Å². The first-order valence-corrected chi connectivity index (χ1v) is 5.11. The number of anilines is 1. The first-order valence-electron chi connectivity index (χ1n) is 5.11. The summed E-state index contributed by atoms with van der Waals surface area (Å²) in [5.41, 5.74) is 0.614. The molecule has 0 aliphatic carbocycles. The molecule has 0 saturated carbocycles. The summed E-state index contributed by atoms with van der Waals surface area (Å²) in [5.74, 6) is 0.367. The van der Waals surface area contributed by atoms with Gasteiger partial charge in [0.15, 0.2) is 5.82 Å². The van der Waals surface area contributed by atoms with E-state index in [4.69, 9.17) is 4.52 Å². The van der Waals surface area contributed by atoms with Crippen molar-refractivity contribution >= 4 is 11.7 Å². The molecule has 4 nitrogen and oxygen atoms in total. The summed E-state index contributed by atoms with van der Waals surface area (Å²) in [7, 11) is 0. The highest BCUT2D eigenvalue weighted by molar-refractivity contribution is 5.91.